The Bertz CT molecular complexity index is 813. The molecule has 0 bridgehead atoms. The molecule has 0 unspecified atom stereocenters. The quantitative estimate of drug-likeness (QED) is 0.839. The van der Waals surface area contributed by atoms with Gasteiger partial charge in [0, 0.05) is 6.07 Å². The number of carbonyl (C=O) groups excluding carboxylic acids is 2. The smallest absolute Gasteiger partial charge is 0.341 e. The second-order valence-corrected chi connectivity index (χ2v) is 5.57. The molecule has 2 aromatic rings. The molecule has 0 saturated carbocycles. The second-order valence-electron chi connectivity index (χ2n) is 4.66. The minimum absolute atomic E-state index is 0.261. The number of anilines is 1. The van der Waals surface area contributed by atoms with Gasteiger partial charge >= 0.3 is 5.97 Å². The van der Waals surface area contributed by atoms with Crippen molar-refractivity contribution in [2.24, 2.45) is 0 Å². The van der Waals surface area contributed by atoms with Crippen LogP contribution in [0.3, 0.4) is 0 Å². The maximum absolute atomic E-state index is 13.8. The number of methoxy groups -OCH3 is 1. The average Bonchev–Trinajstić information content (AvgIpc) is 3.01. The molecule has 1 atom stereocenters. The van der Waals surface area contributed by atoms with Gasteiger partial charge in [-0.1, -0.05) is 0 Å². The number of hydrogen-bond donors (Lipinski definition) is 1. The van der Waals surface area contributed by atoms with Crippen LogP contribution in [0.25, 0.3) is 0 Å². The zero-order valence-corrected chi connectivity index (χ0v) is 13.6. The van der Waals surface area contributed by atoms with Gasteiger partial charge in [0.2, 0.25) is 0 Å². The lowest BCUT2D eigenvalue weighted by molar-refractivity contribution is -0.123. The van der Waals surface area contributed by atoms with Gasteiger partial charge < -0.3 is 14.8 Å². The molecule has 1 heterocycles. The topological polar surface area (TPSA) is 88.4 Å². The minimum atomic E-state index is -1.16. The Morgan fingerprint density at radius 2 is 2.12 bits per heavy atom. The molecular weight excluding hydrogens is 335 g/mol. The number of nitriles is 1. The van der Waals surface area contributed by atoms with Gasteiger partial charge in [0.15, 0.2) is 6.10 Å². The fraction of sp³-hybridized carbons (Fsp3) is 0.188. The van der Waals surface area contributed by atoms with Crippen LogP contribution in [-0.4, -0.2) is 25.1 Å². The van der Waals surface area contributed by atoms with E-state index < -0.39 is 23.8 Å². The van der Waals surface area contributed by atoms with Crippen molar-refractivity contribution in [3.8, 4) is 11.8 Å². The fourth-order valence-corrected chi connectivity index (χ4v) is 2.51. The van der Waals surface area contributed by atoms with Crippen molar-refractivity contribution in [1.82, 2.24) is 0 Å². The van der Waals surface area contributed by atoms with Crippen LogP contribution < -0.4 is 10.1 Å². The monoisotopic (exact) mass is 348 g/mol. The number of carbonyl (C=O) groups is 2. The molecule has 6 nitrogen and oxygen atoms in total. The van der Waals surface area contributed by atoms with E-state index in [1.165, 1.54) is 37.5 Å². The van der Waals surface area contributed by atoms with Gasteiger partial charge in [0.25, 0.3) is 5.91 Å². The van der Waals surface area contributed by atoms with E-state index in [2.05, 4.69) is 5.32 Å². The molecule has 0 aliphatic rings. The van der Waals surface area contributed by atoms with Gasteiger partial charge in [-0.25, -0.2) is 9.18 Å². The summed E-state index contributed by atoms with van der Waals surface area (Å²) in [6.07, 6.45) is -1.16. The molecule has 0 aliphatic heterocycles. The number of benzene rings is 1. The number of nitrogens with zero attached hydrogens (tertiary/aromatic N) is 1. The summed E-state index contributed by atoms with van der Waals surface area (Å²) in [5.74, 6) is -2.13. The summed E-state index contributed by atoms with van der Waals surface area (Å²) < 4.78 is 23.6. The summed E-state index contributed by atoms with van der Waals surface area (Å²) in [6.45, 7) is 1.36. The fourth-order valence-electron chi connectivity index (χ4n) is 1.77. The van der Waals surface area contributed by atoms with Gasteiger partial charge in [-0.05, 0) is 30.5 Å². The van der Waals surface area contributed by atoms with Gasteiger partial charge in [0.1, 0.15) is 22.6 Å². The SMILES string of the molecule is COc1ccc(C(=O)O[C@@H](C)C(=O)Nc2sccc2C#N)c(F)c1. The Hall–Kier alpha value is -2.92. The molecule has 1 amide bonds. The highest BCUT2D eigenvalue weighted by Crippen LogP contribution is 2.23. The lowest BCUT2D eigenvalue weighted by atomic mass is 10.2. The molecule has 8 heteroatoms. The first-order chi connectivity index (χ1) is 11.5. The van der Waals surface area contributed by atoms with E-state index in [1.807, 2.05) is 6.07 Å². The van der Waals surface area contributed by atoms with Crippen molar-refractivity contribution in [3.63, 3.8) is 0 Å². The summed E-state index contributed by atoms with van der Waals surface area (Å²) in [5.41, 5.74) is 0.0114. The molecule has 1 aromatic heterocycles. The predicted octanol–water partition coefficient (Wildman–Crippen LogP) is 2.95. The Morgan fingerprint density at radius 3 is 2.75 bits per heavy atom. The third-order valence-electron chi connectivity index (χ3n) is 3.07. The maximum atomic E-state index is 13.8. The molecule has 0 aliphatic carbocycles. The van der Waals surface area contributed by atoms with Crippen molar-refractivity contribution < 1.29 is 23.5 Å². The summed E-state index contributed by atoms with van der Waals surface area (Å²) >= 11 is 1.17. The molecule has 1 N–H and O–H groups in total. The van der Waals surface area contributed by atoms with Crippen molar-refractivity contribution in [3.05, 3.63) is 46.6 Å². The average molecular weight is 348 g/mol. The van der Waals surface area contributed by atoms with E-state index in [4.69, 9.17) is 14.7 Å². The number of esters is 1. The van der Waals surface area contributed by atoms with Crippen LogP contribution in [0.1, 0.15) is 22.8 Å². The van der Waals surface area contributed by atoms with E-state index >= 15 is 0 Å². The summed E-state index contributed by atoms with van der Waals surface area (Å²) in [5, 5.41) is 13.4. The lowest BCUT2D eigenvalue weighted by Gasteiger charge is -2.13. The van der Waals surface area contributed by atoms with E-state index in [9.17, 15) is 14.0 Å². The summed E-state index contributed by atoms with van der Waals surface area (Å²) in [4.78, 5) is 24.0. The third kappa shape index (κ3) is 3.88. The molecule has 1 aromatic carbocycles. The highest BCUT2D eigenvalue weighted by molar-refractivity contribution is 7.14. The van der Waals surface area contributed by atoms with Crippen molar-refractivity contribution in [1.29, 1.82) is 5.26 Å². The van der Waals surface area contributed by atoms with Crippen LogP contribution in [-0.2, 0) is 9.53 Å². The van der Waals surface area contributed by atoms with Gasteiger partial charge in [-0.2, -0.15) is 5.26 Å². The number of thiophene rings is 1. The van der Waals surface area contributed by atoms with Crippen LogP contribution in [0.2, 0.25) is 0 Å². The molecule has 124 valence electrons. The van der Waals surface area contributed by atoms with Crippen molar-refractivity contribution in [2.75, 3.05) is 12.4 Å². The highest BCUT2D eigenvalue weighted by atomic mass is 32.1. The van der Waals surface area contributed by atoms with E-state index in [-0.39, 0.29) is 11.3 Å². The first-order valence-electron chi connectivity index (χ1n) is 6.79. The van der Waals surface area contributed by atoms with Crippen molar-refractivity contribution >= 4 is 28.2 Å². The molecule has 0 spiro atoms. The van der Waals surface area contributed by atoms with Gasteiger partial charge in [0.05, 0.1) is 18.2 Å². The van der Waals surface area contributed by atoms with Crippen LogP contribution in [0.4, 0.5) is 9.39 Å². The molecule has 24 heavy (non-hydrogen) atoms. The zero-order chi connectivity index (χ0) is 17.7. The Morgan fingerprint density at radius 1 is 1.38 bits per heavy atom. The Balaban J connectivity index is 2.03. The summed E-state index contributed by atoms with van der Waals surface area (Å²) in [6, 6.07) is 7.17. The normalized spacial score (nSPS) is 11.2. The molecule has 2 rings (SSSR count). The highest BCUT2D eigenvalue weighted by Gasteiger charge is 2.22. The van der Waals surface area contributed by atoms with Crippen LogP contribution in [0, 0.1) is 17.1 Å². The molecule has 0 fully saturated rings. The van der Waals surface area contributed by atoms with Crippen LogP contribution >= 0.6 is 11.3 Å². The predicted molar refractivity (Wildman–Crippen MR) is 85.5 cm³/mol. The Kier molecular flexibility index (Phi) is 5.50. The number of nitrogens with one attached hydrogen (secondary N) is 1. The zero-order valence-electron chi connectivity index (χ0n) is 12.8. The lowest BCUT2D eigenvalue weighted by Crippen LogP contribution is -2.30. The largest absolute Gasteiger partial charge is 0.497 e. The number of rotatable bonds is 5. The number of amides is 1. The summed E-state index contributed by atoms with van der Waals surface area (Å²) in [7, 11) is 1.37. The van der Waals surface area contributed by atoms with E-state index in [0.717, 1.165) is 6.07 Å². The number of halogens is 1. The molecule has 0 saturated heterocycles. The first kappa shape index (κ1) is 17.4. The standard InChI is InChI=1S/C16H13FN2O4S/c1-9(14(20)19-15-10(8-18)5-6-24-15)23-16(21)12-4-3-11(22-2)7-13(12)17/h3-7,9H,1-2H3,(H,19,20)/t9-/m0/s1. The van der Waals surface area contributed by atoms with Gasteiger partial charge in [-0.15, -0.1) is 11.3 Å². The number of ether oxygens (including phenoxy) is 2. The first-order valence-corrected chi connectivity index (χ1v) is 7.67. The number of hydrogen-bond acceptors (Lipinski definition) is 6. The van der Waals surface area contributed by atoms with E-state index in [1.54, 1.807) is 11.4 Å². The second kappa shape index (κ2) is 7.57. The van der Waals surface area contributed by atoms with E-state index in [0.29, 0.717) is 10.6 Å². The van der Waals surface area contributed by atoms with Crippen LogP contribution in [0.5, 0.6) is 5.75 Å². The Labute approximate surface area is 141 Å². The molecular formula is C16H13FN2O4S. The van der Waals surface area contributed by atoms with Gasteiger partial charge in [-0.3, -0.25) is 4.79 Å². The minimum Gasteiger partial charge on any atom is -0.497 e. The van der Waals surface area contributed by atoms with Crippen LogP contribution in [0.15, 0.2) is 29.6 Å². The maximum Gasteiger partial charge on any atom is 0.341 e. The molecule has 0 radical (unpaired) electrons. The third-order valence-corrected chi connectivity index (χ3v) is 3.90. The van der Waals surface area contributed by atoms with Crippen molar-refractivity contribution in [2.45, 2.75) is 13.0 Å².